The molecule has 0 atom stereocenters. The van der Waals surface area contributed by atoms with Crippen molar-refractivity contribution in [2.75, 3.05) is 4.90 Å². The van der Waals surface area contributed by atoms with Gasteiger partial charge in [0.15, 0.2) is 0 Å². The molecule has 0 spiro atoms. The maximum Gasteiger partial charge on any atom is 0.137 e. The monoisotopic (exact) mass is 617 g/mol. The van der Waals surface area contributed by atoms with Gasteiger partial charge < -0.3 is 9.32 Å². The molecule has 0 saturated carbocycles. The van der Waals surface area contributed by atoms with E-state index >= 15 is 0 Å². The van der Waals surface area contributed by atoms with E-state index in [0.29, 0.717) is 0 Å². The van der Waals surface area contributed by atoms with Crippen LogP contribution in [0, 0.1) is 6.92 Å². The van der Waals surface area contributed by atoms with Gasteiger partial charge in [0, 0.05) is 39.3 Å². The molecule has 0 radical (unpaired) electrons. The molecule has 1 aliphatic carbocycles. The van der Waals surface area contributed by atoms with Gasteiger partial charge in [0.1, 0.15) is 11.2 Å². The first-order valence-corrected chi connectivity index (χ1v) is 16.7. The molecule has 1 heterocycles. The summed E-state index contributed by atoms with van der Waals surface area (Å²) in [5.74, 6) is 0. The van der Waals surface area contributed by atoms with Crippen molar-refractivity contribution < 1.29 is 4.42 Å². The Morgan fingerprint density at radius 1 is 0.458 bits per heavy atom. The highest BCUT2D eigenvalue weighted by molar-refractivity contribution is 6.06. The van der Waals surface area contributed by atoms with Gasteiger partial charge in [0.2, 0.25) is 0 Å². The van der Waals surface area contributed by atoms with Crippen LogP contribution in [0.2, 0.25) is 0 Å². The van der Waals surface area contributed by atoms with E-state index in [2.05, 4.69) is 171 Å². The first-order valence-electron chi connectivity index (χ1n) is 16.7. The van der Waals surface area contributed by atoms with Crippen molar-refractivity contribution in [1.29, 1.82) is 0 Å². The van der Waals surface area contributed by atoms with Crippen LogP contribution in [-0.2, 0) is 5.41 Å². The zero-order valence-electron chi connectivity index (χ0n) is 27.4. The van der Waals surface area contributed by atoms with E-state index in [0.717, 1.165) is 39.0 Å². The zero-order chi connectivity index (χ0) is 32.4. The van der Waals surface area contributed by atoms with Crippen LogP contribution in [0.3, 0.4) is 0 Å². The molecule has 9 rings (SSSR count). The number of rotatable bonds is 5. The lowest BCUT2D eigenvalue weighted by Gasteiger charge is -2.29. The molecular formula is C46H35NO. The Morgan fingerprint density at radius 2 is 1.06 bits per heavy atom. The van der Waals surface area contributed by atoms with Gasteiger partial charge in [-0.3, -0.25) is 0 Å². The number of nitrogens with zero attached hydrogens (tertiary/aromatic N) is 1. The van der Waals surface area contributed by atoms with E-state index in [1.54, 1.807) is 0 Å². The molecule has 2 heteroatoms. The van der Waals surface area contributed by atoms with Crippen LogP contribution in [0.1, 0.15) is 30.5 Å². The van der Waals surface area contributed by atoms with Crippen LogP contribution in [0.15, 0.2) is 162 Å². The second-order valence-electron chi connectivity index (χ2n) is 13.5. The van der Waals surface area contributed by atoms with Crippen molar-refractivity contribution >= 4 is 39.0 Å². The summed E-state index contributed by atoms with van der Waals surface area (Å²) < 4.78 is 6.39. The van der Waals surface area contributed by atoms with Crippen molar-refractivity contribution in [3.05, 3.63) is 174 Å². The summed E-state index contributed by atoms with van der Waals surface area (Å²) in [7, 11) is 0. The standard InChI is InChI=1S/C46H35NO/c1-30-27-34(33-19-17-32(18-20-33)31-11-5-4-6-12-31)21-26-43(30)47(36-23-25-40-39-14-8-10-16-44(39)48-45(40)29-36)35-22-24-38-37-13-7-9-15-41(37)46(2,3)42(38)28-35/h4-29H,1-3H3. The summed E-state index contributed by atoms with van der Waals surface area (Å²) in [5.41, 5.74) is 16.5. The highest BCUT2D eigenvalue weighted by Crippen LogP contribution is 2.51. The van der Waals surface area contributed by atoms with Crippen LogP contribution in [0.4, 0.5) is 17.1 Å². The summed E-state index contributed by atoms with van der Waals surface area (Å²) in [5, 5.41) is 2.27. The van der Waals surface area contributed by atoms with Gasteiger partial charge in [-0.25, -0.2) is 0 Å². The summed E-state index contributed by atoms with van der Waals surface area (Å²) in [6.07, 6.45) is 0. The third-order valence-corrected chi connectivity index (χ3v) is 10.2. The molecule has 2 nitrogen and oxygen atoms in total. The number of aryl methyl sites for hydroxylation is 1. The van der Waals surface area contributed by atoms with Crippen LogP contribution in [0.25, 0.3) is 55.3 Å². The number of hydrogen-bond donors (Lipinski definition) is 0. The molecule has 1 aromatic heterocycles. The van der Waals surface area contributed by atoms with Gasteiger partial charge in [-0.1, -0.05) is 123 Å². The Morgan fingerprint density at radius 3 is 1.88 bits per heavy atom. The molecule has 230 valence electrons. The van der Waals surface area contributed by atoms with Crippen LogP contribution in [0.5, 0.6) is 0 Å². The summed E-state index contributed by atoms with van der Waals surface area (Å²) in [6, 6.07) is 57.0. The lowest BCUT2D eigenvalue weighted by Crippen LogP contribution is -2.17. The van der Waals surface area contributed by atoms with Crippen molar-refractivity contribution in [1.82, 2.24) is 0 Å². The molecule has 7 aromatic carbocycles. The maximum absolute atomic E-state index is 6.39. The quantitative estimate of drug-likeness (QED) is 0.191. The smallest absolute Gasteiger partial charge is 0.137 e. The van der Waals surface area contributed by atoms with E-state index in [4.69, 9.17) is 4.42 Å². The molecule has 0 unspecified atom stereocenters. The minimum Gasteiger partial charge on any atom is -0.456 e. The maximum atomic E-state index is 6.39. The van der Waals surface area contributed by atoms with Crippen molar-refractivity contribution in [2.45, 2.75) is 26.2 Å². The first-order chi connectivity index (χ1) is 23.5. The Bertz CT molecular complexity index is 2480. The fourth-order valence-corrected chi connectivity index (χ4v) is 7.68. The van der Waals surface area contributed by atoms with Crippen LogP contribution in [-0.4, -0.2) is 0 Å². The number of anilines is 3. The molecule has 0 fully saturated rings. The fraction of sp³-hybridized carbons (Fsp3) is 0.0870. The molecule has 48 heavy (non-hydrogen) atoms. The molecule has 0 bridgehead atoms. The third kappa shape index (κ3) is 4.48. The largest absolute Gasteiger partial charge is 0.456 e. The molecule has 1 aliphatic rings. The Labute approximate surface area is 281 Å². The minimum absolute atomic E-state index is 0.0961. The summed E-state index contributed by atoms with van der Waals surface area (Å²) >= 11 is 0. The topological polar surface area (TPSA) is 16.4 Å². The summed E-state index contributed by atoms with van der Waals surface area (Å²) in [6.45, 7) is 6.90. The third-order valence-electron chi connectivity index (χ3n) is 10.2. The molecular weight excluding hydrogens is 583 g/mol. The number of fused-ring (bicyclic) bond motifs is 6. The van der Waals surface area contributed by atoms with E-state index in [1.807, 2.05) is 12.1 Å². The Kier molecular flexibility index (Phi) is 6.42. The van der Waals surface area contributed by atoms with Gasteiger partial charge in [0.25, 0.3) is 0 Å². The van der Waals surface area contributed by atoms with Crippen LogP contribution >= 0.6 is 0 Å². The van der Waals surface area contributed by atoms with Crippen LogP contribution < -0.4 is 4.90 Å². The van der Waals surface area contributed by atoms with Gasteiger partial charge in [-0.05, 0) is 99.5 Å². The second kappa shape index (κ2) is 10.9. The lowest BCUT2D eigenvalue weighted by molar-refractivity contribution is 0.660. The highest BCUT2D eigenvalue weighted by Gasteiger charge is 2.35. The van der Waals surface area contributed by atoms with Gasteiger partial charge in [-0.15, -0.1) is 0 Å². The molecule has 0 aliphatic heterocycles. The van der Waals surface area contributed by atoms with E-state index in [1.165, 1.54) is 50.1 Å². The van der Waals surface area contributed by atoms with E-state index in [-0.39, 0.29) is 5.41 Å². The molecule has 8 aromatic rings. The summed E-state index contributed by atoms with van der Waals surface area (Å²) in [4.78, 5) is 2.39. The lowest BCUT2D eigenvalue weighted by atomic mass is 9.82. The molecule has 0 amide bonds. The second-order valence-corrected chi connectivity index (χ2v) is 13.5. The average Bonchev–Trinajstić information content (AvgIpc) is 3.61. The van der Waals surface area contributed by atoms with Gasteiger partial charge in [0.05, 0.1) is 0 Å². The normalized spacial score (nSPS) is 13.1. The number of furan rings is 1. The highest BCUT2D eigenvalue weighted by atomic mass is 16.3. The van der Waals surface area contributed by atoms with Gasteiger partial charge >= 0.3 is 0 Å². The Hall–Kier alpha value is -5.86. The SMILES string of the molecule is Cc1cc(-c2ccc(-c3ccccc3)cc2)ccc1N(c1ccc2c(c1)C(C)(C)c1ccccc1-2)c1ccc2c(c1)oc1ccccc12. The molecule has 0 saturated heterocycles. The number of hydrogen-bond acceptors (Lipinski definition) is 2. The number of para-hydroxylation sites is 1. The Balaban J connectivity index is 1.17. The number of benzene rings is 7. The first kappa shape index (κ1) is 28.4. The minimum atomic E-state index is -0.0961. The fourth-order valence-electron chi connectivity index (χ4n) is 7.68. The zero-order valence-corrected chi connectivity index (χ0v) is 27.4. The van der Waals surface area contributed by atoms with E-state index < -0.39 is 0 Å². The van der Waals surface area contributed by atoms with Crippen molar-refractivity contribution in [3.8, 4) is 33.4 Å². The average molecular weight is 618 g/mol. The van der Waals surface area contributed by atoms with Crippen molar-refractivity contribution in [3.63, 3.8) is 0 Å². The van der Waals surface area contributed by atoms with E-state index in [9.17, 15) is 0 Å². The predicted octanol–water partition coefficient (Wildman–Crippen LogP) is 13.0. The molecule has 0 N–H and O–H groups in total. The predicted molar refractivity (Wildman–Crippen MR) is 202 cm³/mol. The van der Waals surface area contributed by atoms with Crippen molar-refractivity contribution in [2.24, 2.45) is 0 Å². The van der Waals surface area contributed by atoms with Gasteiger partial charge in [-0.2, -0.15) is 0 Å².